The standard InChI is InChI=1S/C13H19NO3S2/c15-13(4-3-12-2-1-8-18-12)14-7-5-11-6-9-19(16,17)10-11/h1-2,8,11H,3-7,9-10H2,(H,14,15). The first-order valence-corrected chi connectivity index (χ1v) is 9.25. The van der Waals surface area contributed by atoms with Crippen LogP contribution in [0.25, 0.3) is 0 Å². The van der Waals surface area contributed by atoms with Crippen LogP contribution in [0.4, 0.5) is 0 Å². The van der Waals surface area contributed by atoms with Crippen molar-refractivity contribution in [2.24, 2.45) is 5.92 Å². The minimum absolute atomic E-state index is 0.0502. The molecule has 0 bridgehead atoms. The predicted molar refractivity (Wildman–Crippen MR) is 77.0 cm³/mol. The van der Waals surface area contributed by atoms with Crippen molar-refractivity contribution in [2.75, 3.05) is 18.1 Å². The first-order chi connectivity index (χ1) is 9.05. The molecule has 2 heterocycles. The number of sulfone groups is 1. The monoisotopic (exact) mass is 301 g/mol. The van der Waals surface area contributed by atoms with Crippen molar-refractivity contribution < 1.29 is 13.2 Å². The lowest BCUT2D eigenvalue weighted by molar-refractivity contribution is -0.121. The molecule has 0 spiro atoms. The molecule has 0 radical (unpaired) electrons. The normalized spacial score (nSPS) is 21.4. The average molecular weight is 301 g/mol. The highest BCUT2D eigenvalue weighted by molar-refractivity contribution is 7.91. The highest BCUT2D eigenvalue weighted by Crippen LogP contribution is 2.20. The van der Waals surface area contributed by atoms with E-state index in [1.54, 1.807) is 11.3 Å². The zero-order valence-electron chi connectivity index (χ0n) is 10.8. The van der Waals surface area contributed by atoms with Crippen LogP contribution in [-0.4, -0.2) is 32.4 Å². The largest absolute Gasteiger partial charge is 0.356 e. The molecule has 1 aliphatic heterocycles. The Morgan fingerprint density at radius 2 is 2.32 bits per heavy atom. The van der Waals surface area contributed by atoms with Gasteiger partial charge in [-0.2, -0.15) is 0 Å². The van der Waals surface area contributed by atoms with Crippen LogP contribution in [0.5, 0.6) is 0 Å². The molecule has 0 aromatic carbocycles. The Hall–Kier alpha value is -0.880. The third-order valence-electron chi connectivity index (χ3n) is 3.38. The Bertz CT molecular complexity index is 508. The number of nitrogens with one attached hydrogen (secondary N) is 1. The third kappa shape index (κ3) is 4.95. The van der Waals surface area contributed by atoms with Crippen LogP contribution in [0.2, 0.25) is 0 Å². The number of carbonyl (C=O) groups is 1. The number of carbonyl (C=O) groups excluding carboxylic acids is 1. The lowest BCUT2D eigenvalue weighted by Crippen LogP contribution is -2.26. The van der Waals surface area contributed by atoms with Gasteiger partial charge >= 0.3 is 0 Å². The highest BCUT2D eigenvalue weighted by Gasteiger charge is 2.27. The SMILES string of the molecule is O=C(CCc1cccs1)NCCC1CCS(=O)(=O)C1. The molecule has 1 aromatic heterocycles. The first kappa shape index (κ1) is 14.5. The Kier molecular flexibility index (Phi) is 4.99. The second kappa shape index (κ2) is 6.52. The fourth-order valence-corrected chi connectivity index (χ4v) is 4.92. The quantitative estimate of drug-likeness (QED) is 0.868. The van der Waals surface area contributed by atoms with Crippen molar-refractivity contribution in [3.63, 3.8) is 0 Å². The van der Waals surface area contributed by atoms with Crippen molar-refractivity contribution in [1.82, 2.24) is 5.32 Å². The highest BCUT2D eigenvalue weighted by atomic mass is 32.2. The van der Waals surface area contributed by atoms with E-state index in [1.807, 2.05) is 17.5 Å². The van der Waals surface area contributed by atoms with Crippen LogP contribution in [0, 0.1) is 5.92 Å². The van der Waals surface area contributed by atoms with E-state index < -0.39 is 9.84 Å². The van der Waals surface area contributed by atoms with Gasteiger partial charge in [-0.25, -0.2) is 8.42 Å². The molecular weight excluding hydrogens is 282 g/mol. The number of thiophene rings is 1. The van der Waals surface area contributed by atoms with Gasteiger partial charge in [0.2, 0.25) is 5.91 Å². The molecule has 1 unspecified atom stereocenters. The van der Waals surface area contributed by atoms with Crippen molar-refractivity contribution in [1.29, 1.82) is 0 Å². The average Bonchev–Trinajstić information content (AvgIpc) is 2.96. The van der Waals surface area contributed by atoms with E-state index in [9.17, 15) is 13.2 Å². The zero-order chi connectivity index (χ0) is 13.7. The van der Waals surface area contributed by atoms with Crippen LogP contribution in [0.1, 0.15) is 24.1 Å². The van der Waals surface area contributed by atoms with Gasteiger partial charge in [0.15, 0.2) is 9.84 Å². The Balaban J connectivity index is 1.59. The fraction of sp³-hybridized carbons (Fsp3) is 0.615. The van der Waals surface area contributed by atoms with Crippen molar-refractivity contribution in [3.8, 4) is 0 Å². The number of aryl methyl sites for hydroxylation is 1. The Labute approximate surface area is 118 Å². The van der Waals surface area contributed by atoms with Crippen LogP contribution in [0.3, 0.4) is 0 Å². The molecule has 1 N–H and O–H groups in total. The molecule has 4 nitrogen and oxygen atoms in total. The fourth-order valence-electron chi connectivity index (χ4n) is 2.30. The minimum atomic E-state index is -2.80. The van der Waals surface area contributed by atoms with Gasteiger partial charge in [0.1, 0.15) is 0 Å². The molecule has 19 heavy (non-hydrogen) atoms. The van der Waals surface area contributed by atoms with Gasteiger partial charge in [-0.15, -0.1) is 11.3 Å². The number of hydrogen-bond donors (Lipinski definition) is 1. The van der Waals surface area contributed by atoms with Crippen LogP contribution in [0.15, 0.2) is 17.5 Å². The van der Waals surface area contributed by atoms with Gasteiger partial charge < -0.3 is 5.32 Å². The van der Waals surface area contributed by atoms with Crippen molar-refractivity contribution in [2.45, 2.75) is 25.7 Å². The molecule has 1 aromatic rings. The molecule has 1 atom stereocenters. The van der Waals surface area contributed by atoms with E-state index in [0.717, 1.165) is 19.3 Å². The van der Waals surface area contributed by atoms with Gasteiger partial charge in [-0.05, 0) is 36.6 Å². The number of rotatable bonds is 6. The Morgan fingerprint density at radius 3 is 2.95 bits per heavy atom. The van der Waals surface area contributed by atoms with E-state index in [-0.39, 0.29) is 17.6 Å². The van der Waals surface area contributed by atoms with Crippen LogP contribution >= 0.6 is 11.3 Å². The molecule has 106 valence electrons. The summed E-state index contributed by atoms with van der Waals surface area (Å²) in [7, 11) is -2.80. The maximum absolute atomic E-state index is 11.6. The second-order valence-electron chi connectivity index (χ2n) is 4.99. The summed E-state index contributed by atoms with van der Waals surface area (Å²) in [5.74, 6) is 0.874. The summed E-state index contributed by atoms with van der Waals surface area (Å²) >= 11 is 1.66. The minimum Gasteiger partial charge on any atom is -0.356 e. The topological polar surface area (TPSA) is 63.2 Å². The summed E-state index contributed by atoms with van der Waals surface area (Å²) < 4.78 is 22.6. The summed E-state index contributed by atoms with van der Waals surface area (Å²) in [6.07, 6.45) is 2.79. The predicted octanol–water partition coefficient (Wildman–Crippen LogP) is 1.62. The molecule has 1 fully saturated rings. The second-order valence-corrected chi connectivity index (χ2v) is 8.25. The number of amides is 1. The summed E-state index contributed by atoms with van der Waals surface area (Å²) in [6, 6.07) is 4.01. The maximum atomic E-state index is 11.6. The smallest absolute Gasteiger partial charge is 0.220 e. The van der Waals surface area contributed by atoms with E-state index >= 15 is 0 Å². The molecular formula is C13H19NO3S2. The zero-order valence-corrected chi connectivity index (χ0v) is 12.4. The van der Waals surface area contributed by atoms with Gasteiger partial charge in [-0.1, -0.05) is 6.07 Å². The van der Waals surface area contributed by atoms with Crippen molar-refractivity contribution in [3.05, 3.63) is 22.4 Å². The molecule has 0 saturated carbocycles. The summed E-state index contributed by atoms with van der Waals surface area (Å²) in [5, 5.41) is 4.88. The lowest BCUT2D eigenvalue weighted by Gasteiger charge is -2.08. The molecule has 1 saturated heterocycles. The van der Waals surface area contributed by atoms with Gasteiger partial charge in [0.25, 0.3) is 0 Å². The van der Waals surface area contributed by atoms with Gasteiger partial charge in [-0.3, -0.25) is 4.79 Å². The molecule has 2 rings (SSSR count). The molecule has 6 heteroatoms. The van der Waals surface area contributed by atoms with E-state index in [4.69, 9.17) is 0 Å². The summed E-state index contributed by atoms with van der Waals surface area (Å²) in [5.41, 5.74) is 0. The van der Waals surface area contributed by atoms with Gasteiger partial charge in [0.05, 0.1) is 11.5 Å². The van der Waals surface area contributed by atoms with Crippen LogP contribution < -0.4 is 5.32 Å². The summed E-state index contributed by atoms with van der Waals surface area (Å²) in [6.45, 7) is 0.587. The first-order valence-electron chi connectivity index (χ1n) is 6.55. The summed E-state index contributed by atoms with van der Waals surface area (Å²) in [4.78, 5) is 12.8. The molecule has 1 aliphatic rings. The third-order valence-corrected chi connectivity index (χ3v) is 6.15. The van der Waals surface area contributed by atoms with Crippen molar-refractivity contribution >= 4 is 27.1 Å². The van der Waals surface area contributed by atoms with Gasteiger partial charge in [0, 0.05) is 17.8 Å². The van der Waals surface area contributed by atoms with Crippen LogP contribution in [-0.2, 0) is 21.1 Å². The van der Waals surface area contributed by atoms with E-state index in [0.29, 0.717) is 18.7 Å². The lowest BCUT2D eigenvalue weighted by atomic mass is 10.1. The van der Waals surface area contributed by atoms with E-state index in [1.165, 1.54) is 4.88 Å². The Morgan fingerprint density at radius 1 is 1.47 bits per heavy atom. The number of hydrogen-bond acceptors (Lipinski definition) is 4. The maximum Gasteiger partial charge on any atom is 0.220 e. The van der Waals surface area contributed by atoms with E-state index in [2.05, 4.69) is 5.32 Å². The molecule has 0 aliphatic carbocycles. The molecule has 1 amide bonds.